The fraction of sp³-hybridized carbons (Fsp3) is 0.188. The Morgan fingerprint density at radius 2 is 1.77 bits per heavy atom. The molecule has 0 amide bonds. The molecule has 0 fully saturated rings. The second-order valence-corrected chi connectivity index (χ2v) is 7.09. The Kier molecular flexibility index (Phi) is 3.62. The lowest BCUT2D eigenvalue weighted by Crippen LogP contribution is -2.15. The summed E-state index contributed by atoms with van der Waals surface area (Å²) in [5, 5.41) is 4.58. The first-order valence-corrected chi connectivity index (χ1v) is 8.50. The van der Waals surface area contributed by atoms with E-state index in [1.165, 1.54) is 0 Å². The molecule has 1 N–H and O–H groups in total. The quantitative estimate of drug-likeness (QED) is 0.801. The van der Waals surface area contributed by atoms with Crippen LogP contribution in [0.15, 0.2) is 47.0 Å². The molecule has 0 aliphatic heterocycles. The molecule has 0 saturated heterocycles. The maximum atomic E-state index is 12.3. The van der Waals surface area contributed by atoms with Crippen molar-refractivity contribution in [3.05, 3.63) is 59.3 Å². The van der Waals surface area contributed by atoms with Crippen molar-refractivity contribution in [2.24, 2.45) is 0 Å². The SMILES string of the molecule is Cc1cc(C)cc(NS(=O)(=O)Cc2noc3ccccc23)c1. The summed E-state index contributed by atoms with van der Waals surface area (Å²) in [5.41, 5.74) is 3.56. The van der Waals surface area contributed by atoms with Gasteiger partial charge in [-0.1, -0.05) is 23.4 Å². The Morgan fingerprint density at radius 1 is 1.09 bits per heavy atom. The molecule has 0 aliphatic carbocycles. The Balaban J connectivity index is 1.87. The van der Waals surface area contributed by atoms with Gasteiger partial charge in [0, 0.05) is 11.1 Å². The van der Waals surface area contributed by atoms with Crippen LogP contribution in [0.2, 0.25) is 0 Å². The van der Waals surface area contributed by atoms with Gasteiger partial charge in [-0.2, -0.15) is 0 Å². The van der Waals surface area contributed by atoms with Crippen molar-refractivity contribution in [1.29, 1.82) is 0 Å². The van der Waals surface area contributed by atoms with E-state index < -0.39 is 10.0 Å². The third kappa shape index (κ3) is 3.12. The second kappa shape index (κ2) is 5.46. The van der Waals surface area contributed by atoms with Gasteiger partial charge in [0.25, 0.3) is 0 Å². The summed E-state index contributed by atoms with van der Waals surface area (Å²) >= 11 is 0. The lowest BCUT2D eigenvalue weighted by Gasteiger charge is -2.08. The van der Waals surface area contributed by atoms with Gasteiger partial charge in [0.1, 0.15) is 11.4 Å². The van der Waals surface area contributed by atoms with Crippen LogP contribution in [0.3, 0.4) is 0 Å². The van der Waals surface area contributed by atoms with E-state index in [9.17, 15) is 8.42 Å². The number of aryl methyl sites for hydroxylation is 2. The lowest BCUT2D eigenvalue weighted by molar-refractivity contribution is 0.448. The molecule has 0 spiro atoms. The number of nitrogens with one attached hydrogen (secondary N) is 1. The maximum Gasteiger partial charge on any atom is 0.238 e. The van der Waals surface area contributed by atoms with Crippen LogP contribution in [0.1, 0.15) is 16.8 Å². The molecule has 0 saturated carbocycles. The summed E-state index contributed by atoms with van der Waals surface area (Å²) in [6, 6.07) is 12.8. The van der Waals surface area contributed by atoms with Crippen molar-refractivity contribution in [3.63, 3.8) is 0 Å². The number of hydrogen-bond donors (Lipinski definition) is 1. The normalized spacial score (nSPS) is 11.7. The molecule has 2 aromatic carbocycles. The minimum absolute atomic E-state index is 0.225. The van der Waals surface area contributed by atoms with Crippen molar-refractivity contribution in [3.8, 4) is 0 Å². The van der Waals surface area contributed by atoms with E-state index in [4.69, 9.17) is 4.52 Å². The van der Waals surface area contributed by atoms with Crippen LogP contribution in [-0.4, -0.2) is 13.6 Å². The molecule has 114 valence electrons. The molecule has 1 heterocycles. The summed E-state index contributed by atoms with van der Waals surface area (Å²) in [6.45, 7) is 3.85. The number of hydrogen-bond acceptors (Lipinski definition) is 4. The largest absolute Gasteiger partial charge is 0.356 e. The third-order valence-corrected chi connectivity index (χ3v) is 4.47. The average Bonchev–Trinajstić information content (AvgIpc) is 2.80. The van der Waals surface area contributed by atoms with Gasteiger partial charge in [0.2, 0.25) is 10.0 Å². The lowest BCUT2D eigenvalue weighted by atomic mass is 10.1. The molecule has 1 aromatic heterocycles. The van der Waals surface area contributed by atoms with Crippen molar-refractivity contribution >= 4 is 26.7 Å². The molecule has 0 radical (unpaired) electrons. The fourth-order valence-corrected chi connectivity index (χ4v) is 3.59. The summed E-state index contributed by atoms with van der Waals surface area (Å²) in [6.07, 6.45) is 0. The minimum Gasteiger partial charge on any atom is -0.356 e. The van der Waals surface area contributed by atoms with Crippen LogP contribution in [0.4, 0.5) is 5.69 Å². The molecule has 3 rings (SSSR count). The zero-order chi connectivity index (χ0) is 15.7. The predicted molar refractivity (Wildman–Crippen MR) is 86.2 cm³/mol. The highest BCUT2D eigenvalue weighted by molar-refractivity contribution is 7.91. The highest BCUT2D eigenvalue weighted by Gasteiger charge is 2.17. The van der Waals surface area contributed by atoms with Crippen molar-refractivity contribution in [2.75, 3.05) is 4.72 Å². The summed E-state index contributed by atoms with van der Waals surface area (Å²) in [7, 11) is -3.56. The monoisotopic (exact) mass is 316 g/mol. The number of nitrogens with zero attached hydrogens (tertiary/aromatic N) is 1. The van der Waals surface area contributed by atoms with Gasteiger partial charge in [-0.15, -0.1) is 0 Å². The van der Waals surface area contributed by atoms with E-state index in [1.807, 2.05) is 32.0 Å². The average molecular weight is 316 g/mol. The molecule has 0 atom stereocenters. The van der Waals surface area contributed by atoms with Crippen LogP contribution < -0.4 is 4.72 Å². The van der Waals surface area contributed by atoms with Gasteiger partial charge in [-0.3, -0.25) is 4.72 Å². The van der Waals surface area contributed by atoms with Crippen LogP contribution in [-0.2, 0) is 15.8 Å². The molecule has 5 nitrogen and oxygen atoms in total. The van der Waals surface area contributed by atoms with Crippen LogP contribution >= 0.6 is 0 Å². The molecule has 0 aliphatic rings. The Bertz CT molecular complexity index is 909. The standard InChI is InChI=1S/C16H16N2O3S/c1-11-7-12(2)9-13(8-11)18-22(19,20)10-15-14-5-3-4-6-16(14)21-17-15/h3-9,18H,10H2,1-2H3. The molecular formula is C16H16N2O3S. The van der Waals surface area contributed by atoms with E-state index in [-0.39, 0.29) is 5.75 Å². The zero-order valence-corrected chi connectivity index (χ0v) is 13.1. The van der Waals surface area contributed by atoms with Gasteiger partial charge in [0.05, 0.1) is 0 Å². The number of para-hydroxylation sites is 1. The van der Waals surface area contributed by atoms with Crippen LogP contribution in [0.25, 0.3) is 11.0 Å². The van der Waals surface area contributed by atoms with Gasteiger partial charge in [-0.25, -0.2) is 8.42 Å². The predicted octanol–water partition coefficient (Wildman–Crippen LogP) is 3.39. The summed E-state index contributed by atoms with van der Waals surface area (Å²) < 4.78 is 32.4. The summed E-state index contributed by atoms with van der Waals surface area (Å²) in [4.78, 5) is 0. The first kappa shape index (κ1) is 14.6. The Hall–Kier alpha value is -2.34. The number of aromatic nitrogens is 1. The van der Waals surface area contributed by atoms with Crippen molar-refractivity contribution in [1.82, 2.24) is 5.16 Å². The zero-order valence-electron chi connectivity index (χ0n) is 12.3. The van der Waals surface area contributed by atoms with Gasteiger partial charge >= 0.3 is 0 Å². The second-order valence-electron chi connectivity index (χ2n) is 5.36. The van der Waals surface area contributed by atoms with Crippen LogP contribution in [0.5, 0.6) is 0 Å². The smallest absolute Gasteiger partial charge is 0.238 e. The topological polar surface area (TPSA) is 72.2 Å². The van der Waals surface area contributed by atoms with E-state index in [0.29, 0.717) is 22.4 Å². The number of rotatable bonds is 4. The maximum absolute atomic E-state index is 12.3. The molecule has 0 unspecified atom stereocenters. The highest BCUT2D eigenvalue weighted by atomic mass is 32.2. The molecule has 3 aromatic rings. The fourth-order valence-electron chi connectivity index (χ4n) is 2.47. The number of fused-ring (bicyclic) bond motifs is 1. The Labute approximate surface area is 129 Å². The van der Waals surface area contributed by atoms with Gasteiger partial charge in [-0.05, 0) is 49.2 Å². The van der Waals surface area contributed by atoms with Gasteiger partial charge in [0.15, 0.2) is 5.58 Å². The first-order valence-electron chi connectivity index (χ1n) is 6.85. The van der Waals surface area contributed by atoms with Crippen molar-refractivity contribution < 1.29 is 12.9 Å². The van der Waals surface area contributed by atoms with E-state index in [1.54, 1.807) is 24.3 Å². The first-order chi connectivity index (χ1) is 10.4. The molecule has 0 bridgehead atoms. The van der Waals surface area contributed by atoms with Gasteiger partial charge < -0.3 is 4.52 Å². The highest BCUT2D eigenvalue weighted by Crippen LogP contribution is 2.21. The molecule has 6 heteroatoms. The van der Waals surface area contributed by atoms with Crippen molar-refractivity contribution in [2.45, 2.75) is 19.6 Å². The Morgan fingerprint density at radius 3 is 2.50 bits per heavy atom. The number of benzene rings is 2. The third-order valence-electron chi connectivity index (χ3n) is 3.27. The number of anilines is 1. The van der Waals surface area contributed by atoms with E-state index >= 15 is 0 Å². The van der Waals surface area contributed by atoms with E-state index in [2.05, 4.69) is 9.88 Å². The van der Waals surface area contributed by atoms with E-state index in [0.717, 1.165) is 11.1 Å². The number of sulfonamides is 1. The van der Waals surface area contributed by atoms with Crippen LogP contribution in [0, 0.1) is 13.8 Å². The summed E-state index contributed by atoms with van der Waals surface area (Å²) in [5.74, 6) is -0.225. The molecule has 22 heavy (non-hydrogen) atoms. The molecular weight excluding hydrogens is 300 g/mol. The minimum atomic E-state index is -3.56.